The number of benzene rings is 2. The van der Waals surface area contributed by atoms with Gasteiger partial charge in [-0.3, -0.25) is 0 Å². The predicted octanol–water partition coefficient (Wildman–Crippen LogP) is 4.65. The molecule has 0 bridgehead atoms. The molecule has 0 aliphatic rings. The number of hydrogen-bond donors (Lipinski definition) is 1. The Morgan fingerprint density at radius 1 is 1.10 bits per heavy atom. The molecule has 2 aromatic carbocycles. The molecule has 2 aromatic rings. The summed E-state index contributed by atoms with van der Waals surface area (Å²) < 4.78 is 27.6. The van der Waals surface area contributed by atoms with Crippen LogP contribution in [0.5, 0.6) is 0 Å². The molecule has 4 heteroatoms. The Balaban J connectivity index is 2.62. The summed E-state index contributed by atoms with van der Waals surface area (Å²) >= 11 is 3.29. The third-order valence-corrected chi connectivity index (χ3v) is 4.26. The van der Waals surface area contributed by atoms with Gasteiger partial charge in [0.15, 0.2) is 0 Å². The lowest BCUT2D eigenvalue weighted by atomic mass is 9.91. The van der Waals surface area contributed by atoms with Crippen LogP contribution >= 0.6 is 15.9 Å². The predicted molar refractivity (Wildman–Crippen MR) is 80.9 cm³/mol. The van der Waals surface area contributed by atoms with Gasteiger partial charge in [0, 0.05) is 0 Å². The molecule has 20 heavy (non-hydrogen) atoms. The molecule has 0 heterocycles. The van der Waals surface area contributed by atoms with E-state index in [2.05, 4.69) is 21.2 Å². The molecule has 1 atom stereocenters. The van der Waals surface area contributed by atoms with Gasteiger partial charge in [0.05, 0.1) is 10.5 Å². The average Bonchev–Trinajstić information content (AvgIpc) is 2.37. The Bertz CT molecular complexity index is 617. The minimum absolute atomic E-state index is 0.194. The molecule has 0 fully saturated rings. The fraction of sp³-hybridized carbons (Fsp3) is 0.250. The second-order valence-corrected chi connectivity index (χ2v) is 5.61. The maximum absolute atomic E-state index is 13.7. The number of halogens is 3. The van der Waals surface area contributed by atoms with Crippen LogP contribution in [0.2, 0.25) is 0 Å². The van der Waals surface area contributed by atoms with Crippen LogP contribution in [0, 0.1) is 25.5 Å². The summed E-state index contributed by atoms with van der Waals surface area (Å²) in [7, 11) is 1.81. The van der Waals surface area contributed by atoms with E-state index in [4.69, 9.17) is 0 Å². The molecule has 0 amide bonds. The summed E-state index contributed by atoms with van der Waals surface area (Å²) in [5, 5.41) is 3.18. The van der Waals surface area contributed by atoms with Gasteiger partial charge < -0.3 is 5.32 Å². The molecule has 0 aliphatic heterocycles. The summed E-state index contributed by atoms with van der Waals surface area (Å²) in [6.45, 7) is 3.73. The van der Waals surface area contributed by atoms with E-state index in [9.17, 15) is 8.78 Å². The van der Waals surface area contributed by atoms with Crippen LogP contribution in [0.4, 0.5) is 8.78 Å². The van der Waals surface area contributed by atoms with Crippen LogP contribution in [0.15, 0.2) is 34.8 Å². The first-order chi connectivity index (χ1) is 9.45. The maximum atomic E-state index is 13.7. The molecular weight excluding hydrogens is 324 g/mol. The number of nitrogens with one attached hydrogen (secondary N) is 1. The quantitative estimate of drug-likeness (QED) is 0.857. The van der Waals surface area contributed by atoms with Crippen molar-refractivity contribution in [3.8, 4) is 0 Å². The average molecular weight is 340 g/mol. The Kier molecular flexibility index (Phi) is 4.55. The third kappa shape index (κ3) is 2.76. The Hall–Kier alpha value is -1.26. The summed E-state index contributed by atoms with van der Waals surface area (Å²) in [6, 6.07) is 7.75. The van der Waals surface area contributed by atoms with Crippen molar-refractivity contribution in [3.63, 3.8) is 0 Å². The maximum Gasteiger partial charge on any atom is 0.137 e. The van der Waals surface area contributed by atoms with Gasteiger partial charge in [-0.1, -0.05) is 12.1 Å². The second-order valence-electron chi connectivity index (χ2n) is 4.82. The molecule has 0 saturated carbocycles. The molecule has 1 unspecified atom stereocenters. The Labute approximate surface area is 126 Å². The van der Waals surface area contributed by atoms with Gasteiger partial charge in [-0.05, 0) is 77.3 Å². The zero-order valence-corrected chi connectivity index (χ0v) is 13.2. The molecule has 0 aliphatic carbocycles. The minimum Gasteiger partial charge on any atom is -0.309 e. The Morgan fingerprint density at radius 3 is 2.25 bits per heavy atom. The van der Waals surface area contributed by atoms with Crippen molar-refractivity contribution in [2.75, 3.05) is 7.05 Å². The number of hydrogen-bond acceptors (Lipinski definition) is 1. The highest BCUT2D eigenvalue weighted by molar-refractivity contribution is 9.10. The highest BCUT2D eigenvalue weighted by Crippen LogP contribution is 2.33. The SMILES string of the molecule is CNC(c1cccc(F)c1Br)c1c(C)cc(F)cc1C. The van der Waals surface area contributed by atoms with E-state index < -0.39 is 0 Å². The molecule has 0 saturated heterocycles. The van der Waals surface area contributed by atoms with E-state index in [1.807, 2.05) is 27.0 Å². The number of aryl methyl sites for hydroxylation is 2. The van der Waals surface area contributed by atoms with Crippen molar-refractivity contribution in [1.29, 1.82) is 0 Å². The lowest BCUT2D eigenvalue weighted by molar-refractivity contribution is 0.603. The van der Waals surface area contributed by atoms with Crippen LogP contribution < -0.4 is 5.32 Å². The van der Waals surface area contributed by atoms with E-state index in [1.54, 1.807) is 6.07 Å². The van der Waals surface area contributed by atoms with Crippen molar-refractivity contribution in [3.05, 3.63) is 68.7 Å². The van der Waals surface area contributed by atoms with Crippen LogP contribution in [0.3, 0.4) is 0 Å². The van der Waals surface area contributed by atoms with Gasteiger partial charge in [-0.25, -0.2) is 8.78 Å². The summed E-state index contributed by atoms with van der Waals surface area (Å²) in [4.78, 5) is 0. The van der Waals surface area contributed by atoms with Crippen molar-refractivity contribution in [1.82, 2.24) is 5.32 Å². The lowest BCUT2D eigenvalue weighted by Gasteiger charge is -2.23. The molecule has 0 radical (unpaired) electrons. The van der Waals surface area contributed by atoms with Gasteiger partial charge in [0.2, 0.25) is 0 Å². The van der Waals surface area contributed by atoms with Crippen molar-refractivity contribution >= 4 is 15.9 Å². The van der Waals surface area contributed by atoms with Gasteiger partial charge in [-0.2, -0.15) is 0 Å². The molecular formula is C16H16BrF2N. The zero-order chi connectivity index (χ0) is 14.9. The van der Waals surface area contributed by atoms with Crippen molar-refractivity contribution < 1.29 is 8.78 Å². The largest absolute Gasteiger partial charge is 0.309 e. The highest BCUT2D eigenvalue weighted by atomic mass is 79.9. The van der Waals surface area contributed by atoms with Crippen LogP contribution in [0.25, 0.3) is 0 Å². The van der Waals surface area contributed by atoms with E-state index in [0.29, 0.717) is 4.47 Å². The van der Waals surface area contributed by atoms with Crippen molar-refractivity contribution in [2.45, 2.75) is 19.9 Å². The second kappa shape index (κ2) is 6.02. The first kappa shape index (κ1) is 15.1. The molecule has 0 aromatic heterocycles. The molecule has 106 valence electrons. The lowest BCUT2D eigenvalue weighted by Crippen LogP contribution is -2.20. The first-order valence-electron chi connectivity index (χ1n) is 6.33. The number of rotatable bonds is 3. The summed E-state index contributed by atoms with van der Waals surface area (Å²) in [6.07, 6.45) is 0. The monoisotopic (exact) mass is 339 g/mol. The fourth-order valence-electron chi connectivity index (χ4n) is 2.58. The fourth-order valence-corrected chi connectivity index (χ4v) is 3.07. The standard InChI is InChI=1S/C16H16BrF2N/c1-9-7-11(18)8-10(2)14(9)16(20-3)12-5-4-6-13(19)15(12)17/h4-8,16,20H,1-3H3. The van der Waals surface area contributed by atoms with Gasteiger partial charge in [-0.15, -0.1) is 0 Å². The minimum atomic E-state index is -0.305. The topological polar surface area (TPSA) is 12.0 Å². The van der Waals surface area contributed by atoms with E-state index in [1.165, 1.54) is 18.2 Å². The van der Waals surface area contributed by atoms with E-state index in [-0.39, 0.29) is 17.7 Å². The van der Waals surface area contributed by atoms with E-state index >= 15 is 0 Å². The summed E-state index contributed by atoms with van der Waals surface area (Å²) in [5.74, 6) is -0.558. The molecule has 1 N–H and O–H groups in total. The summed E-state index contributed by atoms with van der Waals surface area (Å²) in [5.41, 5.74) is 3.46. The van der Waals surface area contributed by atoms with Gasteiger partial charge in [0.1, 0.15) is 11.6 Å². The molecule has 0 spiro atoms. The first-order valence-corrected chi connectivity index (χ1v) is 7.12. The smallest absolute Gasteiger partial charge is 0.137 e. The van der Waals surface area contributed by atoms with Gasteiger partial charge in [0.25, 0.3) is 0 Å². The Morgan fingerprint density at radius 2 is 1.70 bits per heavy atom. The van der Waals surface area contributed by atoms with Crippen molar-refractivity contribution in [2.24, 2.45) is 0 Å². The zero-order valence-electron chi connectivity index (χ0n) is 11.6. The molecule has 1 nitrogen and oxygen atoms in total. The third-order valence-electron chi connectivity index (χ3n) is 3.43. The van der Waals surface area contributed by atoms with Crippen LogP contribution in [0.1, 0.15) is 28.3 Å². The van der Waals surface area contributed by atoms with Crippen LogP contribution in [-0.2, 0) is 0 Å². The highest BCUT2D eigenvalue weighted by Gasteiger charge is 2.20. The molecule has 2 rings (SSSR count). The van der Waals surface area contributed by atoms with Gasteiger partial charge >= 0.3 is 0 Å². The van der Waals surface area contributed by atoms with Crippen LogP contribution in [-0.4, -0.2) is 7.05 Å². The van der Waals surface area contributed by atoms with E-state index in [0.717, 1.165) is 22.3 Å². The normalized spacial score (nSPS) is 12.5.